The molecule has 1 rings (SSSR count). The summed E-state index contributed by atoms with van der Waals surface area (Å²) in [5.41, 5.74) is 4.52. The molecule has 104 valence electrons. The molecule has 0 aromatic heterocycles. The first-order chi connectivity index (χ1) is 7.70. The molecule has 0 aliphatic carbocycles. The van der Waals surface area contributed by atoms with Crippen molar-refractivity contribution in [1.29, 1.82) is 0 Å². The van der Waals surface area contributed by atoms with Crippen molar-refractivity contribution >= 4 is 12.4 Å². The molecule has 0 fully saturated rings. The molecule has 8 heteroatoms. The molecule has 0 aliphatic heterocycles. The average molecular weight is 292 g/mol. The van der Waals surface area contributed by atoms with Crippen LogP contribution in [0.2, 0.25) is 0 Å². The Bertz CT molecular complexity index is 378. The molecule has 0 saturated heterocycles. The van der Waals surface area contributed by atoms with Crippen LogP contribution in [-0.4, -0.2) is 17.3 Å². The van der Waals surface area contributed by atoms with Gasteiger partial charge < -0.3 is 10.8 Å². The van der Waals surface area contributed by atoms with Crippen LogP contribution in [0.3, 0.4) is 0 Å². The molecule has 0 saturated carbocycles. The molecule has 1 aromatic carbocycles. The van der Waals surface area contributed by atoms with Gasteiger partial charge in [0, 0.05) is 12.5 Å². The Morgan fingerprint density at radius 3 is 1.94 bits per heavy atom. The van der Waals surface area contributed by atoms with Gasteiger partial charge in [-0.15, -0.1) is 12.4 Å². The molecule has 0 bridgehead atoms. The van der Waals surface area contributed by atoms with Crippen LogP contribution in [0.15, 0.2) is 18.2 Å². The Morgan fingerprint density at radius 1 is 1.11 bits per heavy atom. The molecule has 2 nitrogen and oxygen atoms in total. The largest absolute Gasteiger partial charge is 0.403 e. The minimum absolute atomic E-state index is 0. The number of halogens is 6. The second-order valence-corrected chi connectivity index (χ2v) is 3.60. The summed E-state index contributed by atoms with van der Waals surface area (Å²) in [5, 5.41) is 9.39. The standard InChI is InChI=1S/C10H10F5NO.ClH/c11-6-1-5(2-7(12)3-6)8(17)4-9(16)10(13,14)15;/h1-3,8-9,17H,4,16H2;1H/t8-,9-;/m0./s1. The topological polar surface area (TPSA) is 46.2 Å². The van der Waals surface area contributed by atoms with Crippen molar-refractivity contribution in [3.05, 3.63) is 35.4 Å². The summed E-state index contributed by atoms with van der Waals surface area (Å²) in [4.78, 5) is 0. The lowest BCUT2D eigenvalue weighted by Gasteiger charge is -2.19. The third-order valence-corrected chi connectivity index (χ3v) is 2.17. The fraction of sp³-hybridized carbons (Fsp3) is 0.400. The quantitative estimate of drug-likeness (QED) is 0.841. The van der Waals surface area contributed by atoms with E-state index in [2.05, 4.69) is 0 Å². The van der Waals surface area contributed by atoms with Gasteiger partial charge in [-0.3, -0.25) is 0 Å². The molecule has 0 radical (unpaired) electrons. The third-order valence-electron chi connectivity index (χ3n) is 2.17. The van der Waals surface area contributed by atoms with Crippen molar-refractivity contribution in [3.63, 3.8) is 0 Å². The smallest absolute Gasteiger partial charge is 0.388 e. The predicted molar refractivity (Wildman–Crippen MR) is 57.2 cm³/mol. The highest BCUT2D eigenvalue weighted by Gasteiger charge is 2.38. The lowest BCUT2D eigenvalue weighted by molar-refractivity contribution is -0.153. The van der Waals surface area contributed by atoms with E-state index in [4.69, 9.17) is 5.73 Å². The maximum atomic E-state index is 12.8. The van der Waals surface area contributed by atoms with E-state index in [9.17, 15) is 27.1 Å². The highest BCUT2D eigenvalue weighted by Crippen LogP contribution is 2.27. The lowest BCUT2D eigenvalue weighted by atomic mass is 10.0. The fourth-order valence-corrected chi connectivity index (χ4v) is 1.28. The number of alkyl halides is 3. The van der Waals surface area contributed by atoms with Crippen LogP contribution < -0.4 is 5.73 Å². The third kappa shape index (κ3) is 4.75. The van der Waals surface area contributed by atoms with Gasteiger partial charge in [-0.2, -0.15) is 13.2 Å². The van der Waals surface area contributed by atoms with Crippen LogP contribution >= 0.6 is 12.4 Å². The summed E-state index contributed by atoms with van der Waals surface area (Å²) in [6, 6.07) is -0.169. The Balaban J connectivity index is 0.00000289. The molecule has 0 unspecified atom stereocenters. The molecule has 0 spiro atoms. The van der Waals surface area contributed by atoms with Gasteiger partial charge in [0.2, 0.25) is 0 Å². The first kappa shape index (κ1) is 17.1. The fourth-order valence-electron chi connectivity index (χ4n) is 1.28. The van der Waals surface area contributed by atoms with Crippen molar-refractivity contribution in [2.75, 3.05) is 0 Å². The first-order valence-electron chi connectivity index (χ1n) is 4.66. The number of rotatable bonds is 3. The Morgan fingerprint density at radius 2 is 1.56 bits per heavy atom. The first-order valence-corrected chi connectivity index (χ1v) is 4.66. The molecule has 2 atom stereocenters. The molecule has 0 amide bonds. The van der Waals surface area contributed by atoms with Gasteiger partial charge in [0.15, 0.2) is 0 Å². The summed E-state index contributed by atoms with van der Waals surface area (Å²) in [6.07, 6.45) is -7.18. The monoisotopic (exact) mass is 291 g/mol. The number of aliphatic hydroxyl groups excluding tert-OH is 1. The highest BCUT2D eigenvalue weighted by molar-refractivity contribution is 5.85. The van der Waals surface area contributed by atoms with Gasteiger partial charge in [-0.25, -0.2) is 8.78 Å². The predicted octanol–water partition coefficient (Wildman–Crippen LogP) is 2.70. The van der Waals surface area contributed by atoms with Gasteiger partial charge in [0.05, 0.1) is 6.10 Å². The molecular formula is C10H11ClF5NO. The van der Waals surface area contributed by atoms with Crippen LogP contribution in [0.4, 0.5) is 22.0 Å². The summed E-state index contributed by atoms with van der Waals surface area (Å²) in [7, 11) is 0. The van der Waals surface area contributed by atoms with Crippen LogP contribution in [0.1, 0.15) is 18.1 Å². The van der Waals surface area contributed by atoms with Crippen LogP contribution in [0.5, 0.6) is 0 Å². The number of hydrogen-bond acceptors (Lipinski definition) is 2. The normalized spacial score (nSPS) is 14.8. The molecule has 3 N–H and O–H groups in total. The van der Waals surface area contributed by atoms with E-state index in [-0.39, 0.29) is 18.0 Å². The van der Waals surface area contributed by atoms with E-state index in [1.165, 1.54) is 0 Å². The van der Waals surface area contributed by atoms with Gasteiger partial charge >= 0.3 is 6.18 Å². The summed E-state index contributed by atoms with van der Waals surface area (Å²) in [6.45, 7) is 0. The van der Waals surface area contributed by atoms with Crippen molar-refractivity contribution in [2.45, 2.75) is 24.7 Å². The van der Waals surface area contributed by atoms with Crippen molar-refractivity contribution in [1.82, 2.24) is 0 Å². The van der Waals surface area contributed by atoms with E-state index in [1.807, 2.05) is 0 Å². The van der Waals surface area contributed by atoms with Crippen molar-refractivity contribution < 1.29 is 27.1 Å². The van der Waals surface area contributed by atoms with Crippen LogP contribution in [-0.2, 0) is 0 Å². The maximum Gasteiger partial charge on any atom is 0.403 e. The van der Waals surface area contributed by atoms with E-state index in [1.54, 1.807) is 0 Å². The van der Waals surface area contributed by atoms with Crippen molar-refractivity contribution in [2.24, 2.45) is 5.73 Å². The average Bonchev–Trinajstić information content (AvgIpc) is 2.14. The zero-order chi connectivity index (χ0) is 13.2. The molecule has 1 aromatic rings. The molecule has 18 heavy (non-hydrogen) atoms. The Kier molecular flexibility index (Phi) is 5.98. The summed E-state index contributed by atoms with van der Waals surface area (Å²) >= 11 is 0. The van der Waals surface area contributed by atoms with Gasteiger partial charge in [-0.05, 0) is 17.7 Å². The number of aliphatic hydroxyl groups is 1. The lowest BCUT2D eigenvalue weighted by Crippen LogP contribution is -2.38. The van der Waals surface area contributed by atoms with Gasteiger partial charge in [-0.1, -0.05) is 0 Å². The van der Waals surface area contributed by atoms with E-state index < -0.39 is 36.4 Å². The summed E-state index contributed by atoms with van der Waals surface area (Å²) in [5.74, 6) is -1.95. The number of hydrogen-bond donors (Lipinski definition) is 2. The molecule has 0 aliphatic rings. The van der Waals surface area contributed by atoms with Crippen LogP contribution in [0, 0.1) is 11.6 Å². The zero-order valence-electron chi connectivity index (χ0n) is 8.92. The maximum absolute atomic E-state index is 12.8. The summed E-state index contributed by atoms with van der Waals surface area (Å²) < 4.78 is 61.8. The van der Waals surface area contributed by atoms with E-state index in [0.717, 1.165) is 12.1 Å². The minimum atomic E-state index is -4.66. The second-order valence-electron chi connectivity index (χ2n) is 3.60. The van der Waals surface area contributed by atoms with Crippen molar-refractivity contribution in [3.8, 4) is 0 Å². The van der Waals surface area contributed by atoms with E-state index >= 15 is 0 Å². The second kappa shape index (κ2) is 6.31. The SMILES string of the molecule is Cl.N[C@@H](C[C@H](O)c1cc(F)cc(F)c1)C(F)(F)F. The molecule has 0 heterocycles. The Hall–Kier alpha value is -0.920. The van der Waals surface area contributed by atoms with Gasteiger partial charge in [0.1, 0.15) is 17.7 Å². The molecular weight excluding hydrogens is 281 g/mol. The van der Waals surface area contributed by atoms with E-state index in [0.29, 0.717) is 6.07 Å². The van der Waals surface area contributed by atoms with Gasteiger partial charge in [0.25, 0.3) is 0 Å². The number of benzene rings is 1. The zero-order valence-corrected chi connectivity index (χ0v) is 9.73. The van der Waals surface area contributed by atoms with Crippen LogP contribution in [0.25, 0.3) is 0 Å². The minimum Gasteiger partial charge on any atom is -0.388 e. The number of nitrogens with two attached hydrogens (primary N) is 1. The highest BCUT2D eigenvalue weighted by atomic mass is 35.5. The Labute approximate surface area is 106 Å².